The van der Waals surface area contributed by atoms with Crippen LogP contribution < -0.4 is 11.2 Å². The zero-order valence-corrected chi connectivity index (χ0v) is 18.8. The second kappa shape index (κ2) is 9.40. The normalized spacial score (nSPS) is 15.0. The molecule has 11 nitrogen and oxygen atoms in total. The zero-order valence-electron chi connectivity index (χ0n) is 18.8. The van der Waals surface area contributed by atoms with Crippen molar-refractivity contribution in [1.82, 2.24) is 35.6 Å². The highest BCUT2D eigenvalue weighted by molar-refractivity contribution is 6.10. The summed E-state index contributed by atoms with van der Waals surface area (Å²) in [5, 5.41) is 22.3. The van der Waals surface area contributed by atoms with E-state index in [4.69, 9.17) is 10.4 Å². The average Bonchev–Trinajstić information content (AvgIpc) is 3.48. The molecule has 1 amide bonds. The maximum atomic E-state index is 13.3. The van der Waals surface area contributed by atoms with Gasteiger partial charge in [-0.1, -0.05) is 54.1 Å². The van der Waals surface area contributed by atoms with Crippen LogP contribution in [0.4, 0.5) is 5.82 Å². The summed E-state index contributed by atoms with van der Waals surface area (Å²) < 4.78 is 5.96. The highest BCUT2D eigenvalue weighted by Gasteiger charge is 2.26. The third-order valence-electron chi connectivity index (χ3n) is 5.98. The number of rotatable bonds is 6. The summed E-state index contributed by atoms with van der Waals surface area (Å²) in [6, 6.07) is 14.0. The van der Waals surface area contributed by atoms with E-state index in [0.717, 1.165) is 42.3 Å². The lowest BCUT2D eigenvalue weighted by Gasteiger charge is -2.25. The summed E-state index contributed by atoms with van der Waals surface area (Å²) in [5.41, 5.74) is 10.8. The van der Waals surface area contributed by atoms with E-state index < -0.39 is 5.91 Å². The molecular weight excluding hydrogens is 434 g/mol. The molecule has 5 rings (SSSR count). The van der Waals surface area contributed by atoms with Gasteiger partial charge in [0, 0.05) is 12.1 Å². The van der Waals surface area contributed by atoms with E-state index in [9.17, 15) is 4.79 Å². The number of anilines is 1. The fraction of sp³-hybridized carbons (Fsp3) is 0.304. The van der Waals surface area contributed by atoms with Gasteiger partial charge in [-0.05, 0) is 53.9 Å². The fourth-order valence-electron chi connectivity index (χ4n) is 4.25. The number of carbonyl (C=O) groups is 1. The van der Waals surface area contributed by atoms with Crippen LogP contribution in [0.25, 0.3) is 16.6 Å². The van der Waals surface area contributed by atoms with Gasteiger partial charge < -0.3 is 5.73 Å². The Hall–Kier alpha value is -4.12. The van der Waals surface area contributed by atoms with Crippen molar-refractivity contribution in [1.29, 1.82) is 0 Å². The average molecular weight is 460 g/mol. The molecule has 3 N–H and O–H groups in total. The van der Waals surface area contributed by atoms with Gasteiger partial charge in [0.05, 0.1) is 5.71 Å². The van der Waals surface area contributed by atoms with Crippen LogP contribution >= 0.6 is 0 Å². The van der Waals surface area contributed by atoms with Gasteiger partial charge in [-0.2, -0.15) is 9.78 Å². The minimum absolute atomic E-state index is 0.0129. The van der Waals surface area contributed by atoms with E-state index in [1.165, 1.54) is 11.1 Å². The molecule has 4 aromatic rings. The Morgan fingerprint density at radius 1 is 1.12 bits per heavy atom. The zero-order chi connectivity index (χ0) is 23.5. The number of hydrogen-bond donors (Lipinski definition) is 2. The lowest BCUT2D eigenvalue weighted by atomic mass is 10.0. The highest BCUT2D eigenvalue weighted by atomic mass is 16.6. The molecule has 2 aromatic carbocycles. The fourth-order valence-corrected chi connectivity index (χ4v) is 4.25. The smallest absolute Gasteiger partial charge is 0.292 e. The molecule has 0 unspecified atom stereocenters. The van der Waals surface area contributed by atoms with E-state index in [1.54, 1.807) is 0 Å². The van der Waals surface area contributed by atoms with E-state index in [2.05, 4.69) is 36.1 Å². The summed E-state index contributed by atoms with van der Waals surface area (Å²) in [5.74, 6) is -0.352. The monoisotopic (exact) mass is 459 g/mol. The summed E-state index contributed by atoms with van der Waals surface area (Å²) >= 11 is 0. The molecule has 0 spiro atoms. The van der Waals surface area contributed by atoms with Gasteiger partial charge >= 0.3 is 0 Å². The van der Waals surface area contributed by atoms with Crippen molar-refractivity contribution >= 4 is 28.2 Å². The van der Waals surface area contributed by atoms with Crippen molar-refractivity contribution in [2.24, 2.45) is 5.10 Å². The summed E-state index contributed by atoms with van der Waals surface area (Å²) in [7, 11) is 0. The molecule has 1 aliphatic rings. The first kappa shape index (κ1) is 21.7. The molecule has 174 valence electrons. The molecule has 0 aliphatic carbocycles. The van der Waals surface area contributed by atoms with Gasteiger partial charge in [0.2, 0.25) is 11.6 Å². The van der Waals surface area contributed by atoms with Crippen molar-refractivity contribution in [3.05, 3.63) is 59.4 Å². The summed E-state index contributed by atoms with van der Waals surface area (Å²) in [6.45, 7) is 4.23. The van der Waals surface area contributed by atoms with Gasteiger partial charge in [0.1, 0.15) is 5.69 Å². The molecule has 0 saturated carbocycles. The van der Waals surface area contributed by atoms with Gasteiger partial charge in [-0.15, -0.1) is 5.10 Å². The van der Waals surface area contributed by atoms with Gasteiger partial charge in [0.25, 0.3) is 5.91 Å². The van der Waals surface area contributed by atoms with Crippen LogP contribution in [0, 0.1) is 0 Å². The highest BCUT2D eigenvalue weighted by Crippen LogP contribution is 2.21. The van der Waals surface area contributed by atoms with Crippen LogP contribution in [0.2, 0.25) is 0 Å². The number of hydrogen-bond acceptors (Lipinski definition) is 9. The molecule has 1 saturated heterocycles. The lowest BCUT2D eigenvalue weighted by Crippen LogP contribution is -2.31. The number of likely N-dealkylation sites (tertiary alicyclic amines) is 1. The molecule has 3 heterocycles. The molecule has 11 heteroatoms. The van der Waals surface area contributed by atoms with Crippen LogP contribution in [-0.4, -0.2) is 54.9 Å². The maximum Gasteiger partial charge on any atom is 0.292 e. The minimum Gasteiger partial charge on any atom is -0.378 e. The molecule has 1 aliphatic heterocycles. The quantitative estimate of drug-likeness (QED) is 0.331. The Morgan fingerprint density at radius 3 is 2.71 bits per heavy atom. The number of nitrogens with zero attached hydrogens (tertiary/aromatic N) is 7. The largest absolute Gasteiger partial charge is 0.378 e. The second-order valence-corrected chi connectivity index (χ2v) is 8.27. The number of nitrogens with one attached hydrogen (secondary N) is 1. The Balaban J connectivity index is 1.46. The number of amides is 1. The van der Waals surface area contributed by atoms with E-state index in [1.807, 2.05) is 49.4 Å². The first-order chi connectivity index (χ1) is 16.6. The third-order valence-corrected chi connectivity index (χ3v) is 5.98. The van der Waals surface area contributed by atoms with Crippen molar-refractivity contribution in [3.8, 4) is 5.82 Å². The van der Waals surface area contributed by atoms with Crippen LogP contribution in [0.1, 0.15) is 47.9 Å². The first-order valence-corrected chi connectivity index (χ1v) is 11.2. The first-order valence-electron chi connectivity index (χ1n) is 11.2. The molecule has 0 atom stereocenters. The second-order valence-electron chi connectivity index (χ2n) is 8.27. The van der Waals surface area contributed by atoms with E-state index in [-0.39, 0.29) is 17.3 Å². The predicted molar refractivity (Wildman–Crippen MR) is 126 cm³/mol. The minimum atomic E-state index is -0.473. The number of hydrazone groups is 1. The molecule has 34 heavy (non-hydrogen) atoms. The molecule has 1 fully saturated rings. The van der Waals surface area contributed by atoms with Crippen LogP contribution in [0.15, 0.2) is 52.2 Å². The van der Waals surface area contributed by atoms with E-state index >= 15 is 0 Å². The summed E-state index contributed by atoms with van der Waals surface area (Å²) in [4.78, 5) is 15.6. The third kappa shape index (κ3) is 4.25. The lowest BCUT2D eigenvalue weighted by molar-refractivity contribution is 0.0944. The standard InChI is InChI=1S/C23H25N9O2/c1-15(17-11-7-9-16-8-3-4-10-18(16)17)25-27-23(33)20-19(14-31-12-5-2-6-13-31)26-30-32(20)22-21(24)28-34-29-22/h3-4,7-11H,2,5-6,12-14H2,1H3,(H2,24,28)(H,27,33)/b25-15+. The van der Waals surface area contributed by atoms with Crippen molar-refractivity contribution < 1.29 is 9.42 Å². The maximum absolute atomic E-state index is 13.3. The Morgan fingerprint density at radius 2 is 1.91 bits per heavy atom. The topological polar surface area (TPSA) is 140 Å². The number of benzene rings is 2. The number of nitrogen functional groups attached to an aromatic ring is 1. The molecule has 0 radical (unpaired) electrons. The molecular formula is C23H25N9O2. The number of fused-ring (bicyclic) bond motifs is 1. The SMILES string of the molecule is C/C(=N\NC(=O)c1c(CN2CCCCC2)nnn1-c1nonc1N)c1cccc2ccccc12. The van der Waals surface area contributed by atoms with Crippen molar-refractivity contribution in [2.75, 3.05) is 18.8 Å². The van der Waals surface area contributed by atoms with Crippen LogP contribution in [-0.2, 0) is 6.54 Å². The Bertz CT molecular complexity index is 1350. The van der Waals surface area contributed by atoms with Crippen LogP contribution in [0.3, 0.4) is 0 Å². The molecule has 2 aromatic heterocycles. The number of piperidine rings is 1. The Kier molecular flexibility index (Phi) is 6.00. The number of carbonyl (C=O) groups excluding carboxylic acids is 1. The molecule has 0 bridgehead atoms. The number of aromatic nitrogens is 5. The van der Waals surface area contributed by atoms with E-state index in [0.29, 0.717) is 18.0 Å². The predicted octanol–water partition coefficient (Wildman–Crippen LogP) is 2.53. The summed E-state index contributed by atoms with van der Waals surface area (Å²) in [6.07, 6.45) is 3.44. The van der Waals surface area contributed by atoms with Crippen LogP contribution in [0.5, 0.6) is 0 Å². The van der Waals surface area contributed by atoms with Gasteiger partial charge in [-0.3, -0.25) is 9.69 Å². The Labute approximate surface area is 195 Å². The van der Waals surface area contributed by atoms with Gasteiger partial charge in [0.15, 0.2) is 5.69 Å². The van der Waals surface area contributed by atoms with Crippen molar-refractivity contribution in [2.45, 2.75) is 32.7 Å². The van der Waals surface area contributed by atoms with Crippen molar-refractivity contribution in [3.63, 3.8) is 0 Å². The number of nitrogens with two attached hydrogens (primary N) is 1. The van der Waals surface area contributed by atoms with Gasteiger partial charge in [-0.25, -0.2) is 10.1 Å².